The van der Waals surface area contributed by atoms with Crippen molar-refractivity contribution in [3.05, 3.63) is 29.3 Å². The van der Waals surface area contributed by atoms with Gasteiger partial charge in [0.15, 0.2) is 0 Å². The number of nitrogens with zero attached hydrogens (tertiary/aromatic N) is 1. The van der Waals surface area contributed by atoms with Crippen LogP contribution < -0.4 is 10.2 Å². The average Bonchev–Trinajstić information content (AvgIpc) is 3.06. The van der Waals surface area contributed by atoms with E-state index in [1.807, 2.05) is 19.1 Å². The van der Waals surface area contributed by atoms with Crippen molar-refractivity contribution in [2.75, 3.05) is 11.4 Å². The zero-order valence-electron chi connectivity index (χ0n) is 18.2. The number of amides is 2. The molecule has 1 aliphatic heterocycles. The molecule has 1 aliphatic carbocycles. The van der Waals surface area contributed by atoms with Crippen molar-refractivity contribution in [2.24, 2.45) is 17.3 Å². The molecule has 0 radical (unpaired) electrons. The van der Waals surface area contributed by atoms with Crippen molar-refractivity contribution >= 4 is 17.5 Å². The topological polar surface area (TPSA) is 49.4 Å². The van der Waals surface area contributed by atoms with Gasteiger partial charge < -0.3 is 10.2 Å². The molecule has 2 aliphatic rings. The summed E-state index contributed by atoms with van der Waals surface area (Å²) in [7, 11) is 0. The highest BCUT2D eigenvalue weighted by Gasteiger charge is 2.37. The molecule has 0 bridgehead atoms. The molecule has 154 valence electrons. The number of nitrogens with one attached hydrogen (secondary N) is 1. The number of hydrogen-bond donors (Lipinski definition) is 1. The largest absolute Gasteiger partial charge is 0.353 e. The first-order valence-corrected chi connectivity index (χ1v) is 10.9. The molecule has 4 nitrogen and oxygen atoms in total. The Balaban J connectivity index is 1.56. The van der Waals surface area contributed by atoms with Crippen LogP contribution in [0, 0.1) is 31.1 Å². The lowest BCUT2D eigenvalue weighted by Crippen LogP contribution is -2.43. The minimum atomic E-state index is -0.239. The molecule has 1 aromatic rings. The molecule has 4 heteroatoms. The van der Waals surface area contributed by atoms with Crippen molar-refractivity contribution in [2.45, 2.75) is 79.2 Å². The average molecular weight is 385 g/mol. The lowest BCUT2D eigenvalue weighted by Gasteiger charge is -2.39. The van der Waals surface area contributed by atoms with Crippen LogP contribution in [-0.2, 0) is 9.59 Å². The monoisotopic (exact) mass is 384 g/mol. The van der Waals surface area contributed by atoms with Crippen molar-refractivity contribution < 1.29 is 9.59 Å². The maximum absolute atomic E-state index is 12.8. The molecule has 2 amide bonds. The van der Waals surface area contributed by atoms with Crippen molar-refractivity contribution in [3.63, 3.8) is 0 Å². The van der Waals surface area contributed by atoms with Gasteiger partial charge in [0.2, 0.25) is 11.8 Å². The Morgan fingerprint density at radius 1 is 1.18 bits per heavy atom. The maximum Gasteiger partial charge on any atom is 0.227 e. The molecule has 28 heavy (non-hydrogen) atoms. The Bertz CT molecular complexity index is 732. The highest BCUT2D eigenvalue weighted by atomic mass is 16.2. The third kappa shape index (κ3) is 4.26. The zero-order valence-corrected chi connectivity index (χ0v) is 18.2. The molecule has 2 fully saturated rings. The van der Waals surface area contributed by atoms with Gasteiger partial charge in [0, 0.05) is 24.7 Å². The molecule has 1 atom stereocenters. The van der Waals surface area contributed by atoms with E-state index >= 15 is 0 Å². The van der Waals surface area contributed by atoms with Crippen molar-refractivity contribution in [1.29, 1.82) is 0 Å². The minimum absolute atomic E-state index is 0.0550. The van der Waals surface area contributed by atoms with Gasteiger partial charge in [-0.2, -0.15) is 0 Å². The van der Waals surface area contributed by atoms with Gasteiger partial charge in [-0.3, -0.25) is 9.59 Å². The molecule has 1 aromatic carbocycles. The number of benzene rings is 1. The maximum atomic E-state index is 12.8. The number of rotatable bonds is 5. The summed E-state index contributed by atoms with van der Waals surface area (Å²) >= 11 is 0. The lowest BCUT2D eigenvalue weighted by atomic mass is 9.69. The van der Waals surface area contributed by atoms with Gasteiger partial charge in [0.05, 0.1) is 5.92 Å². The molecule has 1 saturated carbocycles. The van der Waals surface area contributed by atoms with E-state index in [2.05, 4.69) is 39.1 Å². The van der Waals surface area contributed by atoms with Gasteiger partial charge in [-0.15, -0.1) is 0 Å². The van der Waals surface area contributed by atoms with E-state index in [-0.39, 0.29) is 23.8 Å². The molecule has 3 rings (SSSR count). The van der Waals surface area contributed by atoms with E-state index in [0.717, 1.165) is 30.0 Å². The summed E-state index contributed by atoms with van der Waals surface area (Å²) in [6, 6.07) is 6.28. The molecule has 0 unspecified atom stereocenters. The van der Waals surface area contributed by atoms with E-state index in [9.17, 15) is 9.59 Å². The quantitative estimate of drug-likeness (QED) is 0.795. The summed E-state index contributed by atoms with van der Waals surface area (Å²) in [5.74, 6) is 0.623. The zero-order chi connectivity index (χ0) is 20.5. The second kappa shape index (κ2) is 8.26. The number of aryl methyl sites for hydroxylation is 1. The molecule has 1 N–H and O–H groups in total. The Labute approximate surface area is 170 Å². The fraction of sp³-hybridized carbons (Fsp3) is 0.667. The van der Waals surface area contributed by atoms with Gasteiger partial charge >= 0.3 is 0 Å². The van der Waals surface area contributed by atoms with Crippen molar-refractivity contribution in [3.8, 4) is 0 Å². The van der Waals surface area contributed by atoms with Gasteiger partial charge in [-0.1, -0.05) is 39.3 Å². The third-order valence-electron chi connectivity index (χ3n) is 7.45. The molecule has 1 heterocycles. The Morgan fingerprint density at radius 3 is 2.50 bits per heavy atom. The standard InChI is InChI=1S/C24H36N2O2/c1-6-24(4,5)19-10-12-20(13-11-19)25-23(28)18-14-22(27)26(15-18)21-9-7-8-16(2)17(21)3/h7-9,18-20H,6,10-15H2,1-5H3,(H,25,28)/t18-,19?,20?/m1/s1. The van der Waals surface area contributed by atoms with E-state index < -0.39 is 0 Å². The van der Waals surface area contributed by atoms with Gasteiger partial charge in [-0.05, 0) is 68.1 Å². The predicted octanol–water partition coefficient (Wildman–Crippen LogP) is 4.77. The summed E-state index contributed by atoms with van der Waals surface area (Å²) in [5.41, 5.74) is 3.63. The summed E-state index contributed by atoms with van der Waals surface area (Å²) in [6.45, 7) is 11.6. The van der Waals surface area contributed by atoms with Crippen LogP contribution in [0.5, 0.6) is 0 Å². The van der Waals surface area contributed by atoms with Gasteiger partial charge in [0.25, 0.3) is 0 Å². The van der Waals surface area contributed by atoms with E-state index in [0.29, 0.717) is 18.4 Å². The SMILES string of the molecule is CCC(C)(C)C1CCC(NC(=O)[C@@H]2CC(=O)N(c3cccc(C)c3C)C2)CC1. The lowest BCUT2D eigenvalue weighted by molar-refractivity contribution is -0.127. The Kier molecular flexibility index (Phi) is 6.16. The van der Waals surface area contributed by atoms with Crippen LogP contribution >= 0.6 is 0 Å². The molecule has 0 spiro atoms. The van der Waals surface area contributed by atoms with Crippen LogP contribution in [-0.4, -0.2) is 24.4 Å². The van der Waals surface area contributed by atoms with Crippen LogP contribution in [0.4, 0.5) is 5.69 Å². The normalized spacial score (nSPS) is 25.8. The smallest absolute Gasteiger partial charge is 0.227 e. The highest BCUT2D eigenvalue weighted by molar-refractivity contribution is 6.01. The summed E-state index contributed by atoms with van der Waals surface area (Å²) in [4.78, 5) is 27.2. The number of carbonyl (C=O) groups excluding carboxylic acids is 2. The first-order chi connectivity index (χ1) is 13.2. The third-order valence-corrected chi connectivity index (χ3v) is 7.45. The molecule has 0 aromatic heterocycles. The Morgan fingerprint density at radius 2 is 1.86 bits per heavy atom. The first kappa shape index (κ1) is 20.9. The van der Waals surface area contributed by atoms with Gasteiger partial charge in [0.1, 0.15) is 0 Å². The van der Waals surface area contributed by atoms with Crippen LogP contribution in [0.1, 0.15) is 70.4 Å². The summed E-state index contributed by atoms with van der Waals surface area (Å²) in [5, 5.41) is 3.25. The van der Waals surface area contributed by atoms with Crippen LogP contribution in [0.25, 0.3) is 0 Å². The fourth-order valence-corrected chi connectivity index (χ4v) is 4.77. The summed E-state index contributed by atoms with van der Waals surface area (Å²) in [6.07, 6.45) is 6.00. The van der Waals surface area contributed by atoms with E-state index in [4.69, 9.17) is 0 Å². The minimum Gasteiger partial charge on any atom is -0.353 e. The fourth-order valence-electron chi connectivity index (χ4n) is 4.77. The second-order valence-electron chi connectivity index (χ2n) is 9.52. The van der Waals surface area contributed by atoms with Crippen molar-refractivity contribution in [1.82, 2.24) is 5.32 Å². The van der Waals surface area contributed by atoms with E-state index in [1.165, 1.54) is 24.8 Å². The van der Waals surface area contributed by atoms with Crippen LogP contribution in [0.3, 0.4) is 0 Å². The molecule has 1 saturated heterocycles. The predicted molar refractivity (Wildman–Crippen MR) is 114 cm³/mol. The van der Waals surface area contributed by atoms with Crippen LogP contribution in [0.2, 0.25) is 0 Å². The Hall–Kier alpha value is -1.84. The van der Waals surface area contributed by atoms with E-state index in [1.54, 1.807) is 4.90 Å². The second-order valence-corrected chi connectivity index (χ2v) is 9.52. The molecular weight excluding hydrogens is 348 g/mol. The van der Waals surface area contributed by atoms with Crippen LogP contribution in [0.15, 0.2) is 18.2 Å². The number of carbonyl (C=O) groups is 2. The first-order valence-electron chi connectivity index (χ1n) is 10.9. The number of anilines is 1. The number of hydrogen-bond acceptors (Lipinski definition) is 2. The highest BCUT2D eigenvalue weighted by Crippen LogP contribution is 2.40. The van der Waals surface area contributed by atoms with Gasteiger partial charge in [-0.25, -0.2) is 0 Å². The molecular formula is C24H36N2O2. The summed E-state index contributed by atoms with van der Waals surface area (Å²) < 4.78 is 0.